The summed E-state index contributed by atoms with van der Waals surface area (Å²) in [6, 6.07) is 17.1. The molecule has 1 aromatic carbocycles. The van der Waals surface area contributed by atoms with Crippen molar-refractivity contribution in [1.29, 1.82) is 0 Å². The lowest BCUT2D eigenvalue weighted by atomic mass is 10.1. The molecular formula is C26H26N6O2. The minimum Gasteiger partial charge on any atom is -0.367 e. The van der Waals surface area contributed by atoms with Gasteiger partial charge in [0, 0.05) is 55.3 Å². The number of nitrogens with one attached hydrogen (secondary N) is 1. The molecule has 0 atom stereocenters. The highest BCUT2D eigenvalue weighted by atomic mass is 16.2. The molecule has 1 aliphatic rings. The molecule has 5 rings (SSSR count). The SMILES string of the molecule is Cc1ccc(NC(=O)c2ccccc2N2CCN(C(=O)Cn3ccc4cccnc43)CC2)cn1. The van der Waals surface area contributed by atoms with Crippen LogP contribution in [0.3, 0.4) is 0 Å². The van der Waals surface area contributed by atoms with E-state index in [9.17, 15) is 9.59 Å². The van der Waals surface area contributed by atoms with E-state index < -0.39 is 0 Å². The second-order valence-electron chi connectivity index (χ2n) is 8.39. The quantitative estimate of drug-likeness (QED) is 0.500. The molecule has 4 aromatic rings. The lowest BCUT2D eigenvalue weighted by Crippen LogP contribution is -2.50. The van der Waals surface area contributed by atoms with Crippen molar-refractivity contribution < 1.29 is 9.59 Å². The van der Waals surface area contributed by atoms with Gasteiger partial charge >= 0.3 is 0 Å². The van der Waals surface area contributed by atoms with Crippen LogP contribution in [-0.2, 0) is 11.3 Å². The summed E-state index contributed by atoms with van der Waals surface area (Å²) in [5.74, 6) is -0.104. The topological polar surface area (TPSA) is 83.4 Å². The van der Waals surface area contributed by atoms with Crippen LogP contribution in [0.15, 0.2) is 73.2 Å². The lowest BCUT2D eigenvalue weighted by Gasteiger charge is -2.37. The van der Waals surface area contributed by atoms with Gasteiger partial charge < -0.3 is 19.7 Å². The van der Waals surface area contributed by atoms with Crippen LogP contribution >= 0.6 is 0 Å². The summed E-state index contributed by atoms with van der Waals surface area (Å²) in [7, 11) is 0. The monoisotopic (exact) mass is 454 g/mol. The first-order chi connectivity index (χ1) is 16.6. The Morgan fingerprint density at radius 3 is 2.56 bits per heavy atom. The van der Waals surface area contributed by atoms with E-state index in [-0.39, 0.29) is 18.4 Å². The van der Waals surface area contributed by atoms with Gasteiger partial charge in [0.15, 0.2) is 0 Å². The van der Waals surface area contributed by atoms with Crippen molar-refractivity contribution in [3.05, 3.63) is 84.4 Å². The van der Waals surface area contributed by atoms with Crippen molar-refractivity contribution in [3.8, 4) is 0 Å². The summed E-state index contributed by atoms with van der Waals surface area (Å²) in [6.07, 6.45) is 5.30. The lowest BCUT2D eigenvalue weighted by molar-refractivity contribution is -0.132. The standard InChI is InChI=1S/C26H26N6O2/c1-19-8-9-21(17-28-19)29-26(34)22-6-2-3-7-23(22)30-13-15-31(16-14-30)24(33)18-32-12-10-20-5-4-11-27-25(20)32/h2-12,17H,13-16,18H2,1H3,(H,29,34). The van der Waals surface area contributed by atoms with Crippen LogP contribution in [0.1, 0.15) is 16.1 Å². The zero-order valence-electron chi connectivity index (χ0n) is 19.0. The van der Waals surface area contributed by atoms with Gasteiger partial charge in [-0.15, -0.1) is 0 Å². The molecule has 0 saturated carbocycles. The molecule has 2 amide bonds. The zero-order valence-corrected chi connectivity index (χ0v) is 19.0. The number of piperazine rings is 1. The van der Waals surface area contributed by atoms with Crippen LogP contribution in [0.5, 0.6) is 0 Å². The maximum absolute atomic E-state index is 13.0. The number of aryl methyl sites for hydroxylation is 1. The molecule has 0 radical (unpaired) electrons. The van der Waals surface area contributed by atoms with E-state index in [0.29, 0.717) is 37.4 Å². The molecule has 1 fully saturated rings. The second-order valence-corrected chi connectivity index (χ2v) is 8.39. The number of fused-ring (bicyclic) bond motifs is 1. The maximum Gasteiger partial charge on any atom is 0.257 e. The van der Waals surface area contributed by atoms with Crippen LogP contribution in [-0.4, -0.2) is 57.4 Å². The van der Waals surface area contributed by atoms with E-state index in [1.165, 1.54) is 0 Å². The second kappa shape index (κ2) is 9.35. The molecule has 0 spiro atoms. The van der Waals surface area contributed by atoms with E-state index in [1.54, 1.807) is 12.4 Å². The first kappa shape index (κ1) is 21.6. The van der Waals surface area contributed by atoms with Gasteiger partial charge in [0.2, 0.25) is 5.91 Å². The van der Waals surface area contributed by atoms with Crippen molar-refractivity contribution in [2.45, 2.75) is 13.5 Å². The Kier molecular flexibility index (Phi) is 5.95. The van der Waals surface area contributed by atoms with Gasteiger partial charge in [0.05, 0.1) is 17.4 Å². The molecule has 1 aliphatic heterocycles. The summed E-state index contributed by atoms with van der Waals surface area (Å²) in [5.41, 5.74) is 3.85. The average molecular weight is 455 g/mol. The first-order valence-corrected chi connectivity index (χ1v) is 11.3. The van der Waals surface area contributed by atoms with Crippen LogP contribution in [0.2, 0.25) is 0 Å². The van der Waals surface area contributed by atoms with Crippen LogP contribution in [0.25, 0.3) is 11.0 Å². The first-order valence-electron chi connectivity index (χ1n) is 11.3. The highest BCUT2D eigenvalue weighted by Crippen LogP contribution is 2.23. The summed E-state index contributed by atoms with van der Waals surface area (Å²) >= 11 is 0. The number of rotatable bonds is 5. The molecule has 34 heavy (non-hydrogen) atoms. The van der Waals surface area contributed by atoms with Crippen molar-refractivity contribution in [2.24, 2.45) is 0 Å². The molecule has 0 aliphatic carbocycles. The fourth-order valence-electron chi connectivity index (χ4n) is 4.27. The van der Waals surface area contributed by atoms with Crippen molar-refractivity contribution in [1.82, 2.24) is 19.4 Å². The molecule has 1 saturated heterocycles. The Morgan fingerprint density at radius 2 is 1.76 bits per heavy atom. The van der Waals surface area contributed by atoms with Gasteiger partial charge in [0.1, 0.15) is 12.2 Å². The van der Waals surface area contributed by atoms with Gasteiger partial charge in [-0.1, -0.05) is 12.1 Å². The molecule has 1 N–H and O–H groups in total. The Balaban J connectivity index is 1.23. The number of nitrogens with zero attached hydrogens (tertiary/aromatic N) is 5. The van der Waals surface area contributed by atoms with E-state index in [4.69, 9.17) is 0 Å². The number of anilines is 2. The molecule has 4 heterocycles. The largest absolute Gasteiger partial charge is 0.367 e. The normalized spacial score (nSPS) is 13.8. The third kappa shape index (κ3) is 4.47. The number of hydrogen-bond acceptors (Lipinski definition) is 5. The van der Waals surface area contributed by atoms with Gasteiger partial charge in [-0.05, 0) is 49.4 Å². The third-order valence-electron chi connectivity index (χ3n) is 6.12. The molecular weight excluding hydrogens is 428 g/mol. The van der Waals surface area contributed by atoms with Gasteiger partial charge in [0.25, 0.3) is 5.91 Å². The number of benzene rings is 1. The summed E-state index contributed by atoms with van der Waals surface area (Å²) in [4.78, 5) is 38.6. The Labute approximate surface area is 197 Å². The molecule has 8 nitrogen and oxygen atoms in total. The van der Waals surface area contributed by atoms with E-state index in [1.807, 2.05) is 77.2 Å². The third-order valence-corrected chi connectivity index (χ3v) is 6.12. The number of carbonyl (C=O) groups excluding carboxylic acids is 2. The number of pyridine rings is 2. The van der Waals surface area contributed by atoms with E-state index >= 15 is 0 Å². The highest BCUT2D eigenvalue weighted by Gasteiger charge is 2.24. The van der Waals surface area contributed by atoms with Crippen molar-refractivity contribution >= 4 is 34.2 Å². The molecule has 0 bridgehead atoms. The van der Waals surface area contributed by atoms with Crippen LogP contribution in [0.4, 0.5) is 11.4 Å². The van der Waals surface area contributed by atoms with E-state index in [0.717, 1.165) is 22.4 Å². The van der Waals surface area contributed by atoms with Crippen LogP contribution < -0.4 is 10.2 Å². The predicted octanol–water partition coefficient (Wildman–Crippen LogP) is 3.34. The Morgan fingerprint density at radius 1 is 0.941 bits per heavy atom. The smallest absolute Gasteiger partial charge is 0.257 e. The summed E-state index contributed by atoms with van der Waals surface area (Å²) < 4.78 is 1.89. The zero-order chi connectivity index (χ0) is 23.5. The molecule has 0 unspecified atom stereocenters. The van der Waals surface area contributed by atoms with Gasteiger partial charge in [-0.2, -0.15) is 0 Å². The summed E-state index contributed by atoms with van der Waals surface area (Å²) in [6.45, 7) is 4.69. The highest BCUT2D eigenvalue weighted by molar-refractivity contribution is 6.08. The predicted molar refractivity (Wildman–Crippen MR) is 132 cm³/mol. The number of amides is 2. The molecule has 3 aromatic heterocycles. The van der Waals surface area contributed by atoms with Gasteiger partial charge in [-0.25, -0.2) is 4.98 Å². The van der Waals surface area contributed by atoms with Crippen molar-refractivity contribution in [3.63, 3.8) is 0 Å². The van der Waals surface area contributed by atoms with Crippen molar-refractivity contribution in [2.75, 3.05) is 36.4 Å². The minimum absolute atomic E-state index is 0.0701. The summed E-state index contributed by atoms with van der Waals surface area (Å²) in [5, 5.41) is 3.95. The average Bonchev–Trinajstić information content (AvgIpc) is 3.28. The van der Waals surface area contributed by atoms with Crippen LogP contribution in [0, 0.1) is 6.92 Å². The molecule has 8 heteroatoms. The fraction of sp³-hybridized carbons (Fsp3) is 0.231. The number of aromatic nitrogens is 3. The maximum atomic E-state index is 13.0. The minimum atomic E-state index is -0.174. The number of carbonyl (C=O) groups is 2. The number of para-hydroxylation sites is 1. The Hall–Kier alpha value is -4.20. The van der Waals surface area contributed by atoms with E-state index in [2.05, 4.69) is 20.2 Å². The Bertz CT molecular complexity index is 1320. The molecule has 172 valence electrons. The fourth-order valence-corrected chi connectivity index (χ4v) is 4.27. The number of hydrogen-bond donors (Lipinski definition) is 1. The van der Waals surface area contributed by atoms with Gasteiger partial charge in [-0.3, -0.25) is 14.6 Å².